The Balaban J connectivity index is 2.10. The van der Waals surface area contributed by atoms with Crippen LogP contribution in [-0.2, 0) is 17.3 Å². The number of aromatic nitrogens is 1. The standard InChI is InChI=1S/C12H19N3OS/c1-2-13-9-11-10-14-4-3-12(11)15-5-7-17(16)8-6-15/h3-4,10,13H,2,5-9H2,1H3. The van der Waals surface area contributed by atoms with Crippen molar-refractivity contribution in [3.05, 3.63) is 24.0 Å². The van der Waals surface area contributed by atoms with Gasteiger partial charge in [-0.2, -0.15) is 0 Å². The molecule has 17 heavy (non-hydrogen) atoms. The zero-order valence-electron chi connectivity index (χ0n) is 10.2. The predicted molar refractivity (Wildman–Crippen MR) is 71.7 cm³/mol. The summed E-state index contributed by atoms with van der Waals surface area (Å²) in [5.74, 6) is 1.56. The van der Waals surface area contributed by atoms with E-state index >= 15 is 0 Å². The van der Waals surface area contributed by atoms with Crippen LogP contribution in [0, 0.1) is 0 Å². The first-order valence-electron chi connectivity index (χ1n) is 6.04. The monoisotopic (exact) mass is 253 g/mol. The summed E-state index contributed by atoms with van der Waals surface area (Å²) in [5, 5.41) is 3.33. The van der Waals surface area contributed by atoms with E-state index in [1.807, 2.05) is 12.4 Å². The maximum Gasteiger partial charge on any atom is 0.0443 e. The minimum atomic E-state index is -0.620. The smallest absolute Gasteiger partial charge is 0.0443 e. The average Bonchev–Trinajstić information content (AvgIpc) is 2.38. The van der Waals surface area contributed by atoms with Gasteiger partial charge in [0.25, 0.3) is 0 Å². The van der Waals surface area contributed by atoms with Gasteiger partial charge in [0.05, 0.1) is 0 Å². The number of rotatable bonds is 4. The molecule has 94 valence electrons. The van der Waals surface area contributed by atoms with E-state index in [9.17, 15) is 4.21 Å². The largest absolute Gasteiger partial charge is 0.369 e. The van der Waals surface area contributed by atoms with Gasteiger partial charge in [0, 0.05) is 65.6 Å². The summed E-state index contributed by atoms with van der Waals surface area (Å²) in [6.07, 6.45) is 3.75. The highest BCUT2D eigenvalue weighted by Gasteiger charge is 2.17. The molecule has 1 fully saturated rings. The summed E-state index contributed by atoms with van der Waals surface area (Å²) >= 11 is 0. The summed E-state index contributed by atoms with van der Waals surface area (Å²) in [7, 11) is -0.620. The van der Waals surface area contributed by atoms with Crippen LogP contribution in [0.5, 0.6) is 0 Å². The van der Waals surface area contributed by atoms with Gasteiger partial charge in [-0.15, -0.1) is 0 Å². The average molecular weight is 253 g/mol. The molecule has 1 saturated heterocycles. The number of nitrogens with zero attached hydrogens (tertiary/aromatic N) is 2. The molecular weight excluding hydrogens is 234 g/mol. The van der Waals surface area contributed by atoms with E-state index in [0.717, 1.165) is 37.7 Å². The minimum absolute atomic E-state index is 0.620. The van der Waals surface area contributed by atoms with Crippen molar-refractivity contribution in [2.75, 3.05) is 36.0 Å². The van der Waals surface area contributed by atoms with E-state index in [1.54, 1.807) is 0 Å². The minimum Gasteiger partial charge on any atom is -0.369 e. The number of hydrogen-bond acceptors (Lipinski definition) is 4. The van der Waals surface area contributed by atoms with Gasteiger partial charge in [0.1, 0.15) is 0 Å². The SMILES string of the molecule is CCNCc1cnccc1N1CCS(=O)CC1. The molecule has 0 radical (unpaired) electrons. The van der Waals surface area contributed by atoms with Crippen LogP contribution in [0.15, 0.2) is 18.5 Å². The van der Waals surface area contributed by atoms with E-state index in [4.69, 9.17) is 0 Å². The quantitative estimate of drug-likeness (QED) is 0.860. The van der Waals surface area contributed by atoms with E-state index < -0.39 is 10.8 Å². The molecule has 0 saturated carbocycles. The number of nitrogens with one attached hydrogen (secondary N) is 1. The summed E-state index contributed by atoms with van der Waals surface area (Å²) in [4.78, 5) is 6.50. The second kappa shape index (κ2) is 6.12. The molecule has 4 nitrogen and oxygen atoms in total. The van der Waals surface area contributed by atoms with E-state index in [-0.39, 0.29) is 0 Å². The second-order valence-corrected chi connectivity index (χ2v) is 5.82. The highest BCUT2D eigenvalue weighted by Crippen LogP contribution is 2.20. The zero-order chi connectivity index (χ0) is 12.1. The highest BCUT2D eigenvalue weighted by atomic mass is 32.2. The summed E-state index contributed by atoms with van der Waals surface area (Å²) < 4.78 is 11.4. The Kier molecular flexibility index (Phi) is 4.50. The van der Waals surface area contributed by atoms with Gasteiger partial charge in [-0.05, 0) is 12.6 Å². The normalized spacial score (nSPS) is 17.4. The lowest BCUT2D eigenvalue weighted by Gasteiger charge is -2.30. The van der Waals surface area contributed by atoms with Crippen molar-refractivity contribution in [1.82, 2.24) is 10.3 Å². The zero-order valence-corrected chi connectivity index (χ0v) is 11.0. The lowest BCUT2D eigenvalue weighted by molar-refractivity contribution is 0.671. The summed E-state index contributed by atoms with van der Waals surface area (Å²) in [6, 6.07) is 2.06. The van der Waals surface area contributed by atoms with Crippen LogP contribution in [0.4, 0.5) is 5.69 Å². The van der Waals surface area contributed by atoms with Crippen molar-refractivity contribution in [1.29, 1.82) is 0 Å². The van der Waals surface area contributed by atoms with Crippen LogP contribution >= 0.6 is 0 Å². The Morgan fingerprint density at radius 1 is 1.47 bits per heavy atom. The van der Waals surface area contributed by atoms with Crippen LogP contribution in [0.25, 0.3) is 0 Å². The van der Waals surface area contributed by atoms with Crippen molar-refractivity contribution in [3.63, 3.8) is 0 Å². The van der Waals surface area contributed by atoms with Gasteiger partial charge >= 0.3 is 0 Å². The third-order valence-electron chi connectivity index (χ3n) is 2.96. The van der Waals surface area contributed by atoms with Crippen LogP contribution in [0.1, 0.15) is 12.5 Å². The molecule has 0 unspecified atom stereocenters. The van der Waals surface area contributed by atoms with Crippen LogP contribution in [-0.4, -0.2) is 40.3 Å². The van der Waals surface area contributed by atoms with Crippen molar-refractivity contribution >= 4 is 16.5 Å². The number of anilines is 1. The third kappa shape index (κ3) is 3.26. The molecule has 0 amide bonds. The molecule has 0 aromatic carbocycles. The fraction of sp³-hybridized carbons (Fsp3) is 0.583. The molecule has 0 atom stereocenters. The Morgan fingerprint density at radius 2 is 2.24 bits per heavy atom. The van der Waals surface area contributed by atoms with Crippen molar-refractivity contribution in [2.24, 2.45) is 0 Å². The molecule has 2 rings (SSSR count). The fourth-order valence-electron chi connectivity index (χ4n) is 2.00. The van der Waals surface area contributed by atoms with Crippen molar-refractivity contribution in [3.8, 4) is 0 Å². The molecule has 1 N–H and O–H groups in total. The van der Waals surface area contributed by atoms with Crippen LogP contribution in [0.3, 0.4) is 0 Å². The topological polar surface area (TPSA) is 45.2 Å². The maximum atomic E-state index is 11.4. The van der Waals surface area contributed by atoms with Crippen LogP contribution < -0.4 is 10.2 Å². The summed E-state index contributed by atoms with van der Waals surface area (Å²) in [6.45, 7) is 5.67. The molecule has 1 aromatic rings. The molecule has 0 spiro atoms. The summed E-state index contributed by atoms with van der Waals surface area (Å²) in [5.41, 5.74) is 2.46. The first-order chi connectivity index (χ1) is 8.31. The fourth-order valence-corrected chi connectivity index (χ4v) is 3.06. The molecule has 1 aliphatic rings. The lowest BCUT2D eigenvalue weighted by Crippen LogP contribution is -2.38. The Hall–Kier alpha value is -0.940. The number of pyridine rings is 1. The molecule has 0 bridgehead atoms. The van der Waals surface area contributed by atoms with E-state index in [1.165, 1.54) is 11.3 Å². The first-order valence-corrected chi connectivity index (χ1v) is 7.53. The maximum absolute atomic E-state index is 11.4. The van der Waals surface area contributed by atoms with Gasteiger partial charge in [0.15, 0.2) is 0 Å². The van der Waals surface area contributed by atoms with E-state index in [2.05, 4.69) is 28.2 Å². The predicted octanol–water partition coefficient (Wildman–Crippen LogP) is 0.760. The molecular formula is C12H19N3OS. The van der Waals surface area contributed by atoms with Gasteiger partial charge in [-0.3, -0.25) is 9.19 Å². The first kappa shape index (κ1) is 12.5. The molecule has 1 aliphatic heterocycles. The van der Waals surface area contributed by atoms with Gasteiger partial charge < -0.3 is 10.2 Å². The van der Waals surface area contributed by atoms with Gasteiger partial charge in [-0.1, -0.05) is 6.92 Å². The molecule has 2 heterocycles. The van der Waals surface area contributed by atoms with Crippen molar-refractivity contribution in [2.45, 2.75) is 13.5 Å². The Morgan fingerprint density at radius 3 is 2.94 bits per heavy atom. The molecule has 5 heteroatoms. The molecule has 1 aromatic heterocycles. The third-order valence-corrected chi connectivity index (χ3v) is 4.24. The highest BCUT2D eigenvalue weighted by molar-refractivity contribution is 7.85. The van der Waals surface area contributed by atoms with E-state index in [0.29, 0.717) is 0 Å². The Bertz CT molecular complexity index is 387. The lowest BCUT2D eigenvalue weighted by atomic mass is 10.2. The second-order valence-electron chi connectivity index (χ2n) is 4.12. The Labute approximate surface area is 105 Å². The number of hydrogen-bond donors (Lipinski definition) is 1. The molecule has 0 aliphatic carbocycles. The van der Waals surface area contributed by atoms with Gasteiger partial charge in [-0.25, -0.2) is 0 Å². The van der Waals surface area contributed by atoms with Gasteiger partial charge in [0.2, 0.25) is 0 Å². The van der Waals surface area contributed by atoms with Crippen molar-refractivity contribution < 1.29 is 4.21 Å². The van der Waals surface area contributed by atoms with Crippen LogP contribution in [0.2, 0.25) is 0 Å².